The Kier molecular flexibility index (Phi) is 2.60. The molecule has 1 aromatic heterocycles. The highest BCUT2D eigenvalue weighted by Crippen LogP contribution is 2.20. The summed E-state index contributed by atoms with van der Waals surface area (Å²) >= 11 is 4.35. The Labute approximate surface area is 93.9 Å². The molecule has 1 aromatic carbocycles. The number of benzene rings is 1. The van der Waals surface area contributed by atoms with Gasteiger partial charge >= 0.3 is 5.97 Å². The Morgan fingerprint density at radius 2 is 2.21 bits per heavy atom. The summed E-state index contributed by atoms with van der Waals surface area (Å²) in [7, 11) is 1.39. The molecule has 0 spiro atoms. The first-order valence-corrected chi connectivity index (χ1v) is 5.47. The summed E-state index contributed by atoms with van der Waals surface area (Å²) in [6, 6.07) is 7.62. The minimum Gasteiger partial charge on any atom is -0.465 e. The average Bonchev–Trinajstić information content (AvgIpc) is 2.55. The zero-order valence-electron chi connectivity index (χ0n) is 7.61. The van der Waals surface area contributed by atoms with E-state index in [1.54, 1.807) is 17.4 Å². The Balaban J connectivity index is 2.55. The quantitative estimate of drug-likeness (QED) is 0.535. The number of rotatable bonds is 1. The predicted octanol–water partition coefficient (Wildman–Crippen LogP) is 1.48. The lowest BCUT2D eigenvalue weighted by molar-refractivity contribution is 0.0601. The summed E-state index contributed by atoms with van der Waals surface area (Å²) in [4.78, 5) is 11.2. The van der Waals surface area contributed by atoms with Gasteiger partial charge in [-0.25, -0.2) is 4.79 Å². The fraction of sp³-hybridized carbons (Fsp3) is 0.100. The number of fused-ring (bicyclic) bond motifs is 1. The van der Waals surface area contributed by atoms with E-state index in [-0.39, 0.29) is 5.97 Å². The number of thiophene rings is 1. The number of hydrogen-bond donors (Lipinski definition) is 0. The molecule has 0 bridgehead atoms. The van der Waals surface area contributed by atoms with Crippen molar-refractivity contribution in [3.8, 4) is 0 Å². The predicted molar refractivity (Wildman–Crippen MR) is 58.6 cm³/mol. The van der Waals surface area contributed by atoms with Gasteiger partial charge in [-0.3, -0.25) is 0 Å². The van der Waals surface area contributed by atoms with Crippen molar-refractivity contribution in [3.63, 3.8) is 0 Å². The lowest BCUT2D eigenvalue weighted by atomic mass is 10.2. The molecule has 0 saturated heterocycles. The molecule has 0 aliphatic carbocycles. The van der Waals surface area contributed by atoms with Gasteiger partial charge in [0.1, 0.15) is 0 Å². The van der Waals surface area contributed by atoms with Gasteiger partial charge in [-0.15, -0.1) is 0 Å². The van der Waals surface area contributed by atoms with Crippen molar-refractivity contribution in [2.75, 3.05) is 7.11 Å². The van der Waals surface area contributed by atoms with Crippen molar-refractivity contribution in [2.45, 2.75) is 0 Å². The van der Waals surface area contributed by atoms with Gasteiger partial charge < -0.3 is 4.74 Å². The second-order valence-corrected chi connectivity index (χ2v) is 5.05. The number of esters is 1. The first kappa shape index (κ1) is 9.73. The number of ether oxygens (including phenoxy) is 1. The molecule has 0 N–H and O–H groups in total. The largest absolute Gasteiger partial charge is 0.465 e. The van der Waals surface area contributed by atoms with Crippen molar-refractivity contribution in [2.24, 2.45) is 0 Å². The smallest absolute Gasteiger partial charge is 0.337 e. The van der Waals surface area contributed by atoms with E-state index < -0.39 is 0 Å². The SMILES string of the molecule is COC(=O)c1ccc2s[c]([Al])cc2c1. The van der Waals surface area contributed by atoms with Gasteiger partial charge in [0.05, 0.1) is 12.7 Å². The van der Waals surface area contributed by atoms with Crippen molar-refractivity contribution in [1.82, 2.24) is 0 Å². The van der Waals surface area contributed by atoms with E-state index >= 15 is 0 Å². The van der Waals surface area contributed by atoms with E-state index in [0.29, 0.717) is 5.56 Å². The third kappa shape index (κ3) is 1.69. The summed E-state index contributed by atoms with van der Waals surface area (Å²) in [5, 5.41) is 1.09. The molecule has 14 heavy (non-hydrogen) atoms. The Morgan fingerprint density at radius 1 is 1.43 bits per heavy atom. The molecular formula is C10H7AlO2S. The van der Waals surface area contributed by atoms with Gasteiger partial charge in [0.2, 0.25) is 0 Å². The fourth-order valence-corrected chi connectivity index (χ4v) is 2.68. The second kappa shape index (κ2) is 3.74. The average molecular weight is 218 g/mol. The molecule has 0 saturated carbocycles. The van der Waals surface area contributed by atoms with Gasteiger partial charge in [0.25, 0.3) is 0 Å². The van der Waals surface area contributed by atoms with Crippen LogP contribution in [-0.4, -0.2) is 29.4 Å². The standard InChI is InChI=1S/C10H7O2S.Al/c1-12-10(11)8-2-3-9-7(6-8)4-5-13-9;/h2-4,6H,1H3;. The summed E-state index contributed by atoms with van der Waals surface area (Å²) in [5.41, 5.74) is 0.600. The minimum absolute atomic E-state index is 0.289. The second-order valence-electron chi connectivity index (χ2n) is 2.89. The highest BCUT2D eigenvalue weighted by atomic mass is 32.1. The summed E-state index contributed by atoms with van der Waals surface area (Å²) in [5.74, 6) is -0.289. The van der Waals surface area contributed by atoms with Crippen LogP contribution in [-0.2, 0) is 4.74 Å². The third-order valence-corrected chi connectivity index (χ3v) is 3.42. The summed E-state index contributed by atoms with van der Waals surface area (Å²) < 4.78 is 7.00. The van der Waals surface area contributed by atoms with E-state index in [4.69, 9.17) is 0 Å². The molecule has 2 aromatic rings. The highest BCUT2D eigenvalue weighted by Gasteiger charge is 2.06. The molecule has 68 valence electrons. The van der Waals surface area contributed by atoms with E-state index in [0.717, 1.165) is 5.39 Å². The van der Waals surface area contributed by atoms with Crippen LogP contribution in [0, 0.1) is 0 Å². The third-order valence-electron chi connectivity index (χ3n) is 1.96. The molecule has 0 atom stereocenters. The lowest BCUT2D eigenvalue weighted by Gasteiger charge is -1.98. The maximum absolute atomic E-state index is 11.2. The molecule has 0 aliphatic heterocycles. The number of methoxy groups -OCH3 is 1. The zero-order valence-corrected chi connectivity index (χ0v) is 9.58. The first-order valence-electron chi connectivity index (χ1n) is 4.08. The molecule has 2 rings (SSSR count). The van der Waals surface area contributed by atoms with Gasteiger partial charge in [0, 0.05) is 4.70 Å². The lowest BCUT2D eigenvalue weighted by Crippen LogP contribution is -1.99. The molecule has 2 nitrogen and oxygen atoms in total. The topological polar surface area (TPSA) is 26.3 Å². The fourth-order valence-electron chi connectivity index (χ4n) is 1.31. The van der Waals surface area contributed by atoms with Gasteiger partial charge in [-0.1, -0.05) is 9.81 Å². The van der Waals surface area contributed by atoms with Crippen LogP contribution >= 0.6 is 11.3 Å². The van der Waals surface area contributed by atoms with Crippen LogP contribution in [0.3, 0.4) is 0 Å². The van der Waals surface area contributed by atoms with E-state index in [9.17, 15) is 4.79 Å². The van der Waals surface area contributed by atoms with Gasteiger partial charge in [-0.05, 0) is 23.6 Å². The summed E-state index contributed by atoms with van der Waals surface area (Å²) in [6.45, 7) is 0. The normalized spacial score (nSPS) is 10.4. The van der Waals surface area contributed by atoms with Crippen LogP contribution in [0.15, 0.2) is 24.3 Å². The van der Waals surface area contributed by atoms with Crippen molar-refractivity contribution in [1.29, 1.82) is 0 Å². The van der Waals surface area contributed by atoms with Gasteiger partial charge in [-0.2, -0.15) is 11.3 Å². The maximum Gasteiger partial charge on any atom is 0.337 e. The van der Waals surface area contributed by atoms with Crippen molar-refractivity contribution < 1.29 is 9.53 Å². The Hall–Kier alpha value is -0.818. The van der Waals surface area contributed by atoms with Crippen molar-refractivity contribution >= 4 is 47.4 Å². The van der Waals surface area contributed by atoms with Crippen LogP contribution in [0.5, 0.6) is 0 Å². The van der Waals surface area contributed by atoms with Crippen molar-refractivity contribution in [3.05, 3.63) is 29.8 Å². The number of carbonyl (C=O) groups is 1. The van der Waals surface area contributed by atoms with Crippen LogP contribution in [0.25, 0.3) is 10.1 Å². The molecule has 0 aliphatic rings. The minimum atomic E-state index is -0.289. The summed E-state index contributed by atoms with van der Waals surface area (Å²) in [6.07, 6.45) is 0. The molecule has 0 amide bonds. The van der Waals surface area contributed by atoms with Gasteiger partial charge in [0.15, 0.2) is 16.3 Å². The van der Waals surface area contributed by atoms with Crippen LogP contribution in [0.2, 0.25) is 0 Å². The molecule has 0 fully saturated rings. The monoisotopic (exact) mass is 218 g/mol. The van der Waals surface area contributed by atoms with E-state index in [1.807, 2.05) is 18.2 Å². The Bertz CT molecular complexity index is 490. The van der Waals surface area contributed by atoms with Crippen LogP contribution in [0.1, 0.15) is 10.4 Å². The molecular weight excluding hydrogens is 211 g/mol. The maximum atomic E-state index is 11.2. The molecule has 2 radical (unpaired) electrons. The number of hydrogen-bond acceptors (Lipinski definition) is 3. The zero-order chi connectivity index (χ0) is 10.1. The molecule has 1 heterocycles. The van der Waals surface area contributed by atoms with Crippen LogP contribution in [0.4, 0.5) is 0 Å². The molecule has 4 heteroatoms. The first-order chi connectivity index (χ1) is 6.70. The molecule has 0 unspecified atom stereocenters. The Morgan fingerprint density at radius 3 is 2.93 bits per heavy atom. The highest BCUT2D eigenvalue weighted by molar-refractivity contribution is 7.26. The van der Waals surface area contributed by atoms with Crippen LogP contribution < -0.4 is 3.74 Å². The number of carbonyl (C=O) groups excluding carboxylic acids is 1. The van der Waals surface area contributed by atoms with E-state index in [1.165, 1.54) is 15.5 Å². The van der Waals surface area contributed by atoms with E-state index in [2.05, 4.69) is 21.0 Å².